The standard InChI is InChI=1S/C22H40N8O6/c1-12(31)16(24)18(33)28-14(5-2-3-7-23)19(34)30-8-4-6-15(30)17(32)29-22(20(35)36)9-13(10-22)11-27-21(25)26/h12-16,31H,2-11,23-24H2,1H3,(H,28,33)(H,29,32)(H,35,36)(H4,25,26,27)/t12-,13?,14+,15+,16+,22?/m1/s1. The number of nitrogens with one attached hydrogen (secondary N) is 2. The van der Waals surface area contributed by atoms with Gasteiger partial charge >= 0.3 is 5.97 Å². The van der Waals surface area contributed by atoms with E-state index in [0.29, 0.717) is 32.2 Å². The zero-order valence-corrected chi connectivity index (χ0v) is 20.7. The van der Waals surface area contributed by atoms with Gasteiger partial charge in [0.1, 0.15) is 23.7 Å². The van der Waals surface area contributed by atoms with Crippen LogP contribution < -0.4 is 33.6 Å². The van der Waals surface area contributed by atoms with Crippen molar-refractivity contribution in [2.45, 2.75) is 81.6 Å². The number of carbonyl (C=O) groups excluding carboxylic acids is 3. The number of carboxylic acid groups (broad SMARTS) is 1. The predicted octanol–water partition coefficient (Wildman–Crippen LogP) is -3.08. The second kappa shape index (κ2) is 12.8. The van der Waals surface area contributed by atoms with Gasteiger partial charge in [0.25, 0.3) is 0 Å². The average molecular weight is 513 g/mol. The molecule has 12 N–H and O–H groups in total. The Kier molecular flexibility index (Phi) is 10.4. The van der Waals surface area contributed by atoms with E-state index in [1.807, 2.05) is 0 Å². The third kappa shape index (κ3) is 7.27. The number of likely N-dealkylation sites (tertiary alicyclic amines) is 1. The van der Waals surface area contributed by atoms with E-state index in [1.54, 1.807) is 0 Å². The molecule has 4 atom stereocenters. The fourth-order valence-corrected chi connectivity index (χ4v) is 4.68. The molecule has 2 rings (SSSR count). The molecule has 2 aliphatic rings. The van der Waals surface area contributed by atoms with Crippen molar-refractivity contribution in [1.82, 2.24) is 15.5 Å². The summed E-state index contributed by atoms with van der Waals surface area (Å²) in [6.45, 7) is 2.34. The number of carboxylic acids is 1. The van der Waals surface area contributed by atoms with Crippen LogP contribution in [-0.4, -0.2) is 94.2 Å². The first-order chi connectivity index (χ1) is 16.9. The number of amides is 3. The molecule has 0 aromatic heterocycles. The largest absolute Gasteiger partial charge is 0.480 e. The molecule has 0 unspecified atom stereocenters. The number of rotatable bonds is 13. The number of aliphatic hydroxyl groups is 1. The van der Waals surface area contributed by atoms with Crippen molar-refractivity contribution in [2.24, 2.45) is 33.8 Å². The molecule has 1 aliphatic heterocycles. The lowest BCUT2D eigenvalue weighted by molar-refractivity contribution is -0.155. The van der Waals surface area contributed by atoms with E-state index in [4.69, 9.17) is 22.9 Å². The molecule has 1 aliphatic carbocycles. The molecule has 0 bridgehead atoms. The summed E-state index contributed by atoms with van der Waals surface area (Å²) < 4.78 is 0. The Balaban J connectivity index is 2.10. The highest BCUT2D eigenvalue weighted by Crippen LogP contribution is 2.39. The molecule has 0 aromatic rings. The highest BCUT2D eigenvalue weighted by Gasteiger charge is 2.53. The van der Waals surface area contributed by atoms with Crippen LogP contribution in [0, 0.1) is 5.92 Å². The maximum absolute atomic E-state index is 13.4. The van der Waals surface area contributed by atoms with E-state index in [2.05, 4.69) is 15.6 Å². The first-order valence-electron chi connectivity index (χ1n) is 12.3. The number of aliphatic hydroxyl groups excluding tert-OH is 1. The summed E-state index contributed by atoms with van der Waals surface area (Å²) in [5.41, 5.74) is 20.5. The third-order valence-corrected chi connectivity index (χ3v) is 6.80. The zero-order chi connectivity index (χ0) is 27.0. The van der Waals surface area contributed by atoms with Crippen molar-refractivity contribution in [3.05, 3.63) is 0 Å². The Morgan fingerprint density at radius 3 is 2.42 bits per heavy atom. The van der Waals surface area contributed by atoms with Crippen molar-refractivity contribution in [3.8, 4) is 0 Å². The molecule has 2 fully saturated rings. The first-order valence-corrected chi connectivity index (χ1v) is 12.3. The summed E-state index contributed by atoms with van der Waals surface area (Å²) in [6, 6.07) is -3.04. The molecular weight excluding hydrogens is 472 g/mol. The van der Waals surface area contributed by atoms with Gasteiger partial charge < -0.3 is 48.7 Å². The summed E-state index contributed by atoms with van der Waals surface area (Å²) in [5.74, 6) is -3.04. The van der Waals surface area contributed by atoms with Gasteiger partial charge in [-0.1, -0.05) is 0 Å². The number of hydrogen-bond acceptors (Lipinski definition) is 8. The molecule has 1 saturated heterocycles. The Morgan fingerprint density at radius 1 is 1.19 bits per heavy atom. The van der Waals surface area contributed by atoms with Gasteiger partial charge in [-0.05, 0) is 64.3 Å². The summed E-state index contributed by atoms with van der Waals surface area (Å²) >= 11 is 0. The van der Waals surface area contributed by atoms with Crippen LogP contribution in [-0.2, 0) is 19.2 Å². The van der Waals surface area contributed by atoms with E-state index in [-0.39, 0.29) is 44.2 Å². The Labute approximate surface area is 210 Å². The van der Waals surface area contributed by atoms with E-state index in [0.717, 1.165) is 0 Å². The molecule has 14 heteroatoms. The number of hydrogen-bond donors (Lipinski definition) is 8. The van der Waals surface area contributed by atoms with Crippen LogP contribution in [0.2, 0.25) is 0 Å². The van der Waals surface area contributed by atoms with E-state index in [1.165, 1.54) is 11.8 Å². The normalized spacial score (nSPS) is 25.7. The van der Waals surface area contributed by atoms with Gasteiger partial charge in [-0.25, -0.2) is 4.79 Å². The highest BCUT2D eigenvalue weighted by molar-refractivity contribution is 5.95. The number of nitrogens with zero attached hydrogens (tertiary/aromatic N) is 2. The Morgan fingerprint density at radius 2 is 1.86 bits per heavy atom. The van der Waals surface area contributed by atoms with Crippen molar-refractivity contribution < 1.29 is 29.4 Å². The minimum atomic E-state index is -1.45. The number of aliphatic carboxylic acids is 1. The topological polar surface area (TPSA) is 252 Å². The third-order valence-electron chi connectivity index (χ3n) is 6.80. The number of guanidine groups is 1. The van der Waals surface area contributed by atoms with Gasteiger partial charge in [0.05, 0.1) is 6.10 Å². The minimum Gasteiger partial charge on any atom is -0.480 e. The van der Waals surface area contributed by atoms with Crippen LogP contribution in [0.3, 0.4) is 0 Å². The van der Waals surface area contributed by atoms with Gasteiger partial charge in [0.2, 0.25) is 17.7 Å². The second-order valence-corrected chi connectivity index (χ2v) is 9.72. The molecule has 36 heavy (non-hydrogen) atoms. The van der Waals surface area contributed by atoms with Crippen molar-refractivity contribution in [1.29, 1.82) is 0 Å². The number of nitrogens with two attached hydrogens (primary N) is 4. The van der Waals surface area contributed by atoms with E-state index in [9.17, 15) is 29.4 Å². The smallest absolute Gasteiger partial charge is 0.329 e. The molecule has 3 amide bonds. The van der Waals surface area contributed by atoms with Crippen LogP contribution in [0.15, 0.2) is 4.99 Å². The molecule has 1 heterocycles. The average Bonchev–Trinajstić information content (AvgIpc) is 3.28. The first kappa shape index (κ1) is 29.3. The summed E-state index contributed by atoms with van der Waals surface area (Å²) in [6.07, 6.45) is 1.61. The lowest BCUT2D eigenvalue weighted by Gasteiger charge is -2.45. The summed E-state index contributed by atoms with van der Waals surface area (Å²) in [5, 5.41) is 24.6. The Bertz CT molecular complexity index is 840. The van der Waals surface area contributed by atoms with Crippen LogP contribution in [0.25, 0.3) is 0 Å². The van der Waals surface area contributed by atoms with Crippen LogP contribution in [0.1, 0.15) is 51.9 Å². The van der Waals surface area contributed by atoms with Gasteiger partial charge in [-0.3, -0.25) is 19.4 Å². The fraction of sp³-hybridized carbons (Fsp3) is 0.773. The van der Waals surface area contributed by atoms with Gasteiger partial charge in [0.15, 0.2) is 5.96 Å². The zero-order valence-electron chi connectivity index (χ0n) is 20.7. The maximum Gasteiger partial charge on any atom is 0.329 e. The Hall–Kier alpha value is -2.97. The highest BCUT2D eigenvalue weighted by atomic mass is 16.4. The number of carbonyl (C=O) groups is 4. The van der Waals surface area contributed by atoms with Crippen LogP contribution in [0.4, 0.5) is 0 Å². The van der Waals surface area contributed by atoms with Crippen molar-refractivity contribution in [3.63, 3.8) is 0 Å². The molecule has 1 saturated carbocycles. The quantitative estimate of drug-likeness (QED) is 0.0701. The predicted molar refractivity (Wildman–Crippen MR) is 131 cm³/mol. The second-order valence-electron chi connectivity index (χ2n) is 9.72. The number of aliphatic imine (C=N–C) groups is 1. The summed E-state index contributed by atoms with van der Waals surface area (Å²) in [4.78, 5) is 56.3. The summed E-state index contributed by atoms with van der Waals surface area (Å²) in [7, 11) is 0. The van der Waals surface area contributed by atoms with E-state index >= 15 is 0 Å². The van der Waals surface area contributed by atoms with Crippen molar-refractivity contribution in [2.75, 3.05) is 19.6 Å². The number of unbranched alkanes of at least 4 members (excludes halogenated alkanes) is 1. The monoisotopic (exact) mass is 512 g/mol. The van der Waals surface area contributed by atoms with Gasteiger partial charge in [0, 0.05) is 13.1 Å². The molecule has 14 nitrogen and oxygen atoms in total. The van der Waals surface area contributed by atoms with E-state index < -0.39 is 53.5 Å². The minimum absolute atomic E-state index is 0.0884. The molecule has 0 aromatic carbocycles. The lowest BCUT2D eigenvalue weighted by Crippen LogP contribution is -2.66. The lowest BCUT2D eigenvalue weighted by atomic mass is 9.68. The molecule has 0 radical (unpaired) electrons. The van der Waals surface area contributed by atoms with Gasteiger partial charge in [-0.2, -0.15) is 0 Å². The molecular formula is C22H40N8O6. The fourth-order valence-electron chi connectivity index (χ4n) is 4.68. The van der Waals surface area contributed by atoms with Gasteiger partial charge in [-0.15, -0.1) is 0 Å². The van der Waals surface area contributed by atoms with Crippen LogP contribution >= 0.6 is 0 Å². The molecule has 0 spiro atoms. The van der Waals surface area contributed by atoms with Crippen molar-refractivity contribution >= 4 is 29.7 Å². The van der Waals surface area contributed by atoms with Crippen LogP contribution in [0.5, 0.6) is 0 Å². The SMILES string of the molecule is C[C@@H](O)[C@H](N)C(=O)N[C@@H](CCCCN)C(=O)N1CCC[C@H]1C(=O)NC1(C(=O)O)CC(CN=C(N)N)C1. The molecule has 204 valence electrons. The maximum atomic E-state index is 13.4.